The van der Waals surface area contributed by atoms with Crippen LogP contribution in [0.5, 0.6) is 0 Å². The first-order valence-corrected chi connectivity index (χ1v) is 6.96. The molecule has 1 saturated carbocycles. The zero-order valence-corrected chi connectivity index (χ0v) is 11.3. The van der Waals surface area contributed by atoms with Crippen LogP contribution in [0.4, 0.5) is 15.8 Å². The van der Waals surface area contributed by atoms with Gasteiger partial charge in [-0.1, -0.05) is 19.3 Å². The molecule has 1 aromatic carbocycles. The maximum atomic E-state index is 13.5. The molecule has 1 amide bonds. The van der Waals surface area contributed by atoms with E-state index in [0.29, 0.717) is 5.92 Å². The second-order valence-electron chi connectivity index (χ2n) is 5.26. The van der Waals surface area contributed by atoms with Crippen LogP contribution in [-0.4, -0.2) is 12.5 Å². The van der Waals surface area contributed by atoms with Crippen LogP contribution in [0, 0.1) is 11.7 Å². The van der Waals surface area contributed by atoms with Crippen LogP contribution >= 0.6 is 0 Å². The molecule has 0 bridgehead atoms. The number of rotatable bonds is 4. The molecule has 0 aliphatic heterocycles. The molecule has 2 N–H and O–H groups in total. The first kappa shape index (κ1) is 13.8. The van der Waals surface area contributed by atoms with Crippen molar-refractivity contribution in [3.05, 3.63) is 24.0 Å². The summed E-state index contributed by atoms with van der Waals surface area (Å²) in [5.41, 5.74) is 1.09. The fourth-order valence-corrected chi connectivity index (χ4v) is 2.57. The summed E-state index contributed by atoms with van der Waals surface area (Å²) in [7, 11) is 0. The summed E-state index contributed by atoms with van der Waals surface area (Å²) in [6.45, 7) is 2.30. The van der Waals surface area contributed by atoms with Gasteiger partial charge < -0.3 is 10.6 Å². The van der Waals surface area contributed by atoms with E-state index in [1.54, 1.807) is 12.1 Å². The van der Waals surface area contributed by atoms with Crippen LogP contribution in [0.2, 0.25) is 0 Å². The second-order valence-corrected chi connectivity index (χ2v) is 5.26. The van der Waals surface area contributed by atoms with Gasteiger partial charge >= 0.3 is 0 Å². The van der Waals surface area contributed by atoms with Gasteiger partial charge in [0.05, 0.1) is 5.69 Å². The average molecular weight is 264 g/mol. The smallest absolute Gasteiger partial charge is 0.221 e. The van der Waals surface area contributed by atoms with Crippen molar-refractivity contribution in [1.29, 1.82) is 0 Å². The van der Waals surface area contributed by atoms with Gasteiger partial charge in [0.1, 0.15) is 5.82 Å². The Bertz CT molecular complexity index is 442. The molecule has 1 aliphatic rings. The van der Waals surface area contributed by atoms with E-state index in [0.717, 1.165) is 12.2 Å². The summed E-state index contributed by atoms with van der Waals surface area (Å²) in [4.78, 5) is 11.0. The first-order chi connectivity index (χ1) is 9.15. The number of nitrogens with one attached hydrogen (secondary N) is 2. The zero-order chi connectivity index (χ0) is 13.7. The summed E-state index contributed by atoms with van der Waals surface area (Å²) < 4.78 is 13.5. The highest BCUT2D eigenvalue weighted by atomic mass is 19.1. The molecular weight excluding hydrogens is 243 g/mol. The number of benzene rings is 1. The molecule has 0 unspecified atom stereocenters. The molecule has 4 heteroatoms. The van der Waals surface area contributed by atoms with Crippen LogP contribution in [0.3, 0.4) is 0 Å². The van der Waals surface area contributed by atoms with Crippen molar-refractivity contribution < 1.29 is 9.18 Å². The van der Waals surface area contributed by atoms with Crippen LogP contribution in [0.15, 0.2) is 18.2 Å². The molecule has 0 saturated heterocycles. The van der Waals surface area contributed by atoms with Gasteiger partial charge in [-0.05, 0) is 37.0 Å². The van der Waals surface area contributed by atoms with E-state index in [1.165, 1.54) is 45.1 Å². The van der Waals surface area contributed by atoms with E-state index < -0.39 is 5.82 Å². The molecule has 2 rings (SSSR count). The van der Waals surface area contributed by atoms with Gasteiger partial charge in [0.15, 0.2) is 0 Å². The zero-order valence-electron chi connectivity index (χ0n) is 11.3. The minimum atomic E-state index is -0.404. The largest absolute Gasteiger partial charge is 0.385 e. The summed E-state index contributed by atoms with van der Waals surface area (Å²) in [6, 6.07) is 4.75. The van der Waals surface area contributed by atoms with Crippen molar-refractivity contribution >= 4 is 17.3 Å². The highest BCUT2D eigenvalue weighted by molar-refractivity contribution is 5.89. The normalized spacial score (nSPS) is 16.1. The third kappa shape index (κ3) is 4.23. The number of hydrogen-bond donors (Lipinski definition) is 2. The summed E-state index contributed by atoms with van der Waals surface area (Å²) in [6.07, 6.45) is 6.51. The Kier molecular flexibility index (Phi) is 4.77. The van der Waals surface area contributed by atoms with Crippen LogP contribution in [0.25, 0.3) is 0 Å². The number of anilines is 2. The molecule has 0 spiro atoms. The molecule has 104 valence electrons. The molecular formula is C15H21FN2O. The van der Waals surface area contributed by atoms with Crippen molar-refractivity contribution in [3.63, 3.8) is 0 Å². The van der Waals surface area contributed by atoms with Gasteiger partial charge in [-0.2, -0.15) is 0 Å². The van der Waals surface area contributed by atoms with Gasteiger partial charge in [-0.3, -0.25) is 4.79 Å². The number of halogens is 1. The Hall–Kier alpha value is -1.58. The predicted molar refractivity (Wildman–Crippen MR) is 75.8 cm³/mol. The van der Waals surface area contributed by atoms with Crippen molar-refractivity contribution in [2.45, 2.75) is 39.0 Å². The second kappa shape index (κ2) is 6.55. The third-order valence-corrected chi connectivity index (χ3v) is 3.60. The molecule has 1 fully saturated rings. The lowest BCUT2D eigenvalue weighted by Gasteiger charge is -2.22. The lowest BCUT2D eigenvalue weighted by Crippen LogP contribution is -2.17. The van der Waals surface area contributed by atoms with Crippen molar-refractivity contribution in [2.75, 3.05) is 17.2 Å². The Balaban J connectivity index is 1.94. The molecule has 0 atom stereocenters. The lowest BCUT2D eigenvalue weighted by atomic mass is 9.89. The van der Waals surface area contributed by atoms with Gasteiger partial charge in [-0.25, -0.2) is 4.39 Å². The van der Waals surface area contributed by atoms with Crippen LogP contribution in [-0.2, 0) is 4.79 Å². The number of carbonyl (C=O) groups excluding carboxylic acids is 1. The van der Waals surface area contributed by atoms with Gasteiger partial charge in [0.25, 0.3) is 0 Å². The minimum absolute atomic E-state index is 0.237. The van der Waals surface area contributed by atoms with Gasteiger partial charge in [0.2, 0.25) is 5.91 Å². The Morgan fingerprint density at radius 3 is 2.74 bits per heavy atom. The number of amides is 1. The molecule has 1 aromatic rings. The van der Waals surface area contributed by atoms with Gasteiger partial charge in [-0.15, -0.1) is 0 Å². The van der Waals surface area contributed by atoms with E-state index in [2.05, 4.69) is 10.6 Å². The highest BCUT2D eigenvalue weighted by Crippen LogP contribution is 2.25. The third-order valence-electron chi connectivity index (χ3n) is 3.60. The average Bonchev–Trinajstić information content (AvgIpc) is 2.40. The minimum Gasteiger partial charge on any atom is -0.385 e. The highest BCUT2D eigenvalue weighted by Gasteiger charge is 2.13. The van der Waals surface area contributed by atoms with Crippen molar-refractivity contribution in [2.24, 2.45) is 5.92 Å². The number of hydrogen-bond acceptors (Lipinski definition) is 2. The van der Waals surface area contributed by atoms with Crippen LogP contribution < -0.4 is 10.6 Å². The van der Waals surface area contributed by atoms with E-state index in [-0.39, 0.29) is 11.6 Å². The summed E-state index contributed by atoms with van der Waals surface area (Å²) in [5, 5.41) is 5.83. The van der Waals surface area contributed by atoms with Crippen LogP contribution in [0.1, 0.15) is 39.0 Å². The van der Waals surface area contributed by atoms with Crippen molar-refractivity contribution in [1.82, 2.24) is 0 Å². The molecule has 0 heterocycles. The lowest BCUT2D eigenvalue weighted by molar-refractivity contribution is -0.114. The number of carbonyl (C=O) groups is 1. The first-order valence-electron chi connectivity index (χ1n) is 6.96. The Labute approximate surface area is 113 Å². The molecule has 0 radical (unpaired) electrons. The van der Waals surface area contributed by atoms with E-state index in [4.69, 9.17) is 0 Å². The SMILES string of the molecule is CC(=O)Nc1cc(NCC2CCCCC2)ccc1F. The fraction of sp³-hybridized carbons (Fsp3) is 0.533. The molecule has 3 nitrogen and oxygen atoms in total. The van der Waals surface area contributed by atoms with Crippen molar-refractivity contribution in [3.8, 4) is 0 Å². The maximum Gasteiger partial charge on any atom is 0.221 e. The van der Waals surface area contributed by atoms with E-state index in [9.17, 15) is 9.18 Å². The monoisotopic (exact) mass is 264 g/mol. The van der Waals surface area contributed by atoms with E-state index >= 15 is 0 Å². The van der Waals surface area contributed by atoms with E-state index in [1.807, 2.05) is 0 Å². The Morgan fingerprint density at radius 1 is 1.32 bits per heavy atom. The molecule has 0 aromatic heterocycles. The summed E-state index contributed by atoms with van der Waals surface area (Å²) >= 11 is 0. The quantitative estimate of drug-likeness (QED) is 0.869. The summed E-state index contributed by atoms with van der Waals surface area (Å²) in [5.74, 6) is 0.0461. The molecule has 1 aliphatic carbocycles. The topological polar surface area (TPSA) is 41.1 Å². The standard InChI is InChI=1S/C15H21FN2O/c1-11(19)18-15-9-13(7-8-14(15)16)17-10-12-5-3-2-4-6-12/h7-9,12,17H,2-6,10H2,1H3,(H,18,19). The molecule has 19 heavy (non-hydrogen) atoms. The Morgan fingerprint density at radius 2 is 2.05 bits per heavy atom. The fourth-order valence-electron chi connectivity index (χ4n) is 2.57. The maximum absolute atomic E-state index is 13.5. The van der Waals surface area contributed by atoms with Gasteiger partial charge in [0, 0.05) is 19.2 Å². The predicted octanol–water partition coefficient (Wildman–Crippen LogP) is 3.78.